The maximum atomic E-state index is 5.96. The van der Waals surface area contributed by atoms with Gasteiger partial charge in [0.05, 0.1) is 0 Å². The van der Waals surface area contributed by atoms with E-state index in [0.29, 0.717) is 17.8 Å². The fourth-order valence-corrected chi connectivity index (χ4v) is 2.45. The van der Waals surface area contributed by atoms with E-state index in [0.717, 1.165) is 12.4 Å². The predicted molar refractivity (Wildman–Crippen MR) is 57.7 cm³/mol. The monoisotopic (exact) mass is 211 g/mol. The van der Waals surface area contributed by atoms with E-state index in [1.54, 1.807) is 6.20 Å². The Kier molecular flexibility index (Phi) is 2.87. The van der Waals surface area contributed by atoms with Crippen molar-refractivity contribution in [1.29, 1.82) is 0 Å². The van der Waals surface area contributed by atoms with E-state index in [2.05, 4.69) is 22.0 Å². The van der Waals surface area contributed by atoms with Crippen molar-refractivity contribution >= 4 is 17.4 Å². The molecule has 0 aromatic carbocycles. The number of halogens is 1. The van der Waals surface area contributed by atoms with Gasteiger partial charge in [0, 0.05) is 24.7 Å². The lowest BCUT2D eigenvalue weighted by Crippen LogP contribution is -2.34. The fraction of sp³-hybridized carbons (Fsp3) is 0.600. The second-order valence-corrected chi connectivity index (χ2v) is 4.07. The van der Waals surface area contributed by atoms with Crippen LogP contribution in [0, 0.1) is 5.92 Å². The minimum Gasteiger partial charge on any atom is -0.351 e. The van der Waals surface area contributed by atoms with Gasteiger partial charge in [-0.15, -0.1) is 16.7 Å². The lowest BCUT2D eigenvalue weighted by Gasteiger charge is -2.25. The van der Waals surface area contributed by atoms with Gasteiger partial charge in [-0.25, -0.2) is 0 Å². The van der Waals surface area contributed by atoms with Gasteiger partial charge in [0.1, 0.15) is 0 Å². The zero-order chi connectivity index (χ0) is 9.97. The van der Waals surface area contributed by atoms with Crippen molar-refractivity contribution in [1.82, 2.24) is 10.2 Å². The zero-order valence-electron chi connectivity index (χ0n) is 8.23. The van der Waals surface area contributed by atoms with Crippen molar-refractivity contribution in [2.75, 3.05) is 17.3 Å². The van der Waals surface area contributed by atoms with Crippen LogP contribution in [0.4, 0.5) is 5.82 Å². The topological polar surface area (TPSA) is 29.0 Å². The molecule has 0 bridgehead atoms. The summed E-state index contributed by atoms with van der Waals surface area (Å²) in [6.07, 6.45) is 2.88. The Morgan fingerprint density at radius 1 is 1.64 bits per heavy atom. The van der Waals surface area contributed by atoms with Gasteiger partial charge in [-0.2, -0.15) is 5.10 Å². The second kappa shape index (κ2) is 4.13. The third kappa shape index (κ3) is 1.69. The molecule has 4 heteroatoms. The van der Waals surface area contributed by atoms with E-state index in [1.165, 1.54) is 6.42 Å². The lowest BCUT2D eigenvalue weighted by atomic mass is 10.1. The highest BCUT2D eigenvalue weighted by Crippen LogP contribution is 2.28. The molecule has 0 amide bonds. The Hall–Kier alpha value is -0.830. The molecule has 2 heterocycles. The Morgan fingerprint density at radius 3 is 3.14 bits per heavy atom. The van der Waals surface area contributed by atoms with Crippen LogP contribution in [0.5, 0.6) is 0 Å². The normalized spacial score (nSPS) is 26.9. The van der Waals surface area contributed by atoms with E-state index in [1.807, 2.05) is 12.1 Å². The Labute approximate surface area is 89.1 Å². The molecule has 76 valence electrons. The van der Waals surface area contributed by atoms with Crippen LogP contribution in [0.1, 0.15) is 13.3 Å². The molecule has 3 nitrogen and oxygen atoms in total. The molecule has 0 N–H and O–H groups in total. The molecule has 0 radical (unpaired) electrons. The van der Waals surface area contributed by atoms with Crippen LogP contribution in [-0.2, 0) is 0 Å². The Balaban J connectivity index is 2.19. The molecule has 1 saturated heterocycles. The third-order valence-corrected chi connectivity index (χ3v) is 3.21. The van der Waals surface area contributed by atoms with Crippen LogP contribution in [0.25, 0.3) is 0 Å². The van der Waals surface area contributed by atoms with Crippen molar-refractivity contribution in [3.05, 3.63) is 18.3 Å². The zero-order valence-corrected chi connectivity index (χ0v) is 8.98. The number of hydrogen-bond donors (Lipinski definition) is 0. The Bertz CT molecular complexity index is 291. The summed E-state index contributed by atoms with van der Waals surface area (Å²) in [7, 11) is 0. The van der Waals surface area contributed by atoms with Gasteiger partial charge in [0.2, 0.25) is 0 Å². The summed E-state index contributed by atoms with van der Waals surface area (Å²) in [4.78, 5) is 2.25. The van der Waals surface area contributed by atoms with Gasteiger partial charge in [0.15, 0.2) is 5.82 Å². The number of alkyl halides is 1. The van der Waals surface area contributed by atoms with Gasteiger partial charge < -0.3 is 4.90 Å². The summed E-state index contributed by atoms with van der Waals surface area (Å²) in [5, 5.41) is 8.00. The molecule has 0 saturated carbocycles. The van der Waals surface area contributed by atoms with Crippen LogP contribution in [-0.4, -0.2) is 28.7 Å². The first-order valence-electron chi connectivity index (χ1n) is 4.93. The van der Waals surface area contributed by atoms with E-state index in [4.69, 9.17) is 11.6 Å². The summed E-state index contributed by atoms with van der Waals surface area (Å²) < 4.78 is 0. The van der Waals surface area contributed by atoms with E-state index in [9.17, 15) is 0 Å². The van der Waals surface area contributed by atoms with Crippen LogP contribution < -0.4 is 4.90 Å². The quantitative estimate of drug-likeness (QED) is 0.700. The van der Waals surface area contributed by atoms with Crippen LogP contribution in [0.15, 0.2) is 18.3 Å². The third-order valence-electron chi connectivity index (χ3n) is 2.89. The lowest BCUT2D eigenvalue weighted by molar-refractivity contribution is 0.548. The molecular weight excluding hydrogens is 198 g/mol. The second-order valence-electron chi connectivity index (χ2n) is 3.76. The molecule has 1 aromatic rings. The first-order chi connectivity index (χ1) is 6.83. The molecular formula is C10H14ClN3. The maximum Gasteiger partial charge on any atom is 0.151 e. The molecule has 2 rings (SSSR count). The van der Waals surface area contributed by atoms with Gasteiger partial charge in [-0.1, -0.05) is 6.92 Å². The van der Waals surface area contributed by atoms with Gasteiger partial charge in [-0.05, 0) is 24.5 Å². The molecule has 2 atom stereocenters. The summed E-state index contributed by atoms with van der Waals surface area (Å²) in [6, 6.07) is 4.31. The molecule has 14 heavy (non-hydrogen) atoms. The predicted octanol–water partition coefficient (Wildman–Crippen LogP) is 1.93. The first kappa shape index (κ1) is 9.71. The molecule has 1 fully saturated rings. The van der Waals surface area contributed by atoms with Gasteiger partial charge in [-0.3, -0.25) is 0 Å². The van der Waals surface area contributed by atoms with Gasteiger partial charge in [0.25, 0.3) is 0 Å². The number of hydrogen-bond acceptors (Lipinski definition) is 3. The smallest absolute Gasteiger partial charge is 0.151 e. The molecule has 1 aliphatic rings. The molecule has 1 aliphatic heterocycles. The average Bonchev–Trinajstić information content (AvgIpc) is 2.61. The fourth-order valence-electron chi connectivity index (χ4n) is 1.97. The van der Waals surface area contributed by atoms with Crippen LogP contribution in [0.2, 0.25) is 0 Å². The van der Waals surface area contributed by atoms with E-state index in [-0.39, 0.29) is 0 Å². The van der Waals surface area contributed by atoms with E-state index >= 15 is 0 Å². The number of aromatic nitrogens is 2. The molecule has 0 aliphatic carbocycles. The van der Waals surface area contributed by atoms with Crippen molar-refractivity contribution in [3.8, 4) is 0 Å². The molecule has 1 aromatic heterocycles. The summed E-state index contributed by atoms with van der Waals surface area (Å²) in [5.41, 5.74) is 0. The van der Waals surface area contributed by atoms with Crippen LogP contribution >= 0.6 is 11.6 Å². The molecule has 2 unspecified atom stereocenters. The maximum absolute atomic E-state index is 5.96. The van der Waals surface area contributed by atoms with Crippen molar-refractivity contribution in [2.24, 2.45) is 5.92 Å². The highest BCUT2D eigenvalue weighted by molar-refractivity contribution is 6.18. The highest BCUT2D eigenvalue weighted by atomic mass is 35.5. The van der Waals surface area contributed by atoms with Crippen molar-refractivity contribution < 1.29 is 0 Å². The van der Waals surface area contributed by atoms with E-state index < -0.39 is 0 Å². The van der Waals surface area contributed by atoms with Gasteiger partial charge >= 0.3 is 0 Å². The summed E-state index contributed by atoms with van der Waals surface area (Å²) >= 11 is 5.96. The Morgan fingerprint density at radius 2 is 2.50 bits per heavy atom. The standard InChI is InChI=1S/C10H14ClN3/c1-8-4-6-14(9(8)7-11)10-3-2-5-12-13-10/h2-3,5,8-9H,4,6-7H2,1H3. The van der Waals surface area contributed by atoms with Crippen LogP contribution in [0.3, 0.4) is 0 Å². The summed E-state index contributed by atoms with van der Waals surface area (Å²) in [6.45, 7) is 3.28. The van der Waals surface area contributed by atoms with Crippen molar-refractivity contribution in [3.63, 3.8) is 0 Å². The number of nitrogens with zero attached hydrogens (tertiary/aromatic N) is 3. The average molecular weight is 212 g/mol. The minimum absolute atomic E-state index is 0.411. The first-order valence-corrected chi connectivity index (χ1v) is 5.46. The molecule has 0 spiro atoms. The SMILES string of the molecule is CC1CCN(c2cccnn2)C1CCl. The highest BCUT2D eigenvalue weighted by Gasteiger charge is 2.31. The number of anilines is 1. The largest absolute Gasteiger partial charge is 0.351 e. The number of rotatable bonds is 2. The van der Waals surface area contributed by atoms with Crippen molar-refractivity contribution in [2.45, 2.75) is 19.4 Å². The summed E-state index contributed by atoms with van der Waals surface area (Å²) in [5.74, 6) is 2.26. The minimum atomic E-state index is 0.411.